The lowest BCUT2D eigenvalue weighted by Crippen LogP contribution is -2.19. The predicted octanol–water partition coefficient (Wildman–Crippen LogP) is 2.74. The second-order valence-corrected chi connectivity index (χ2v) is 4.95. The predicted molar refractivity (Wildman–Crippen MR) is 80.2 cm³/mol. The second-order valence-electron chi connectivity index (χ2n) is 4.09. The highest BCUT2D eigenvalue weighted by Crippen LogP contribution is 2.31. The summed E-state index contributed by atoms with van der Waals surface area (Å²) in [6.07, 6.45) is 1.69. The van der Waals surface area contributed by atoms with Crippen LogP contribution in [0.4, 0.5) is 5.82 Å². The monoisotopic (exact) mass is 321 g/mol. The third-order valence-corrected chi connectivity index (χ3v) is 3.60. The third-order valence-electron chi connectivity index (χ3n) is 2.98. The molecule has 1 aromatic carbocycles. The lowest BCUT2D eigenvalue weighted by Gasteiger charge is -2.19. The topological polar surface area (TPSA) is 60.2 Å². The van der Waals surface area contributed by atoms with Gasteiger partial charge >= 0.3 is 0 Å². The number of pyridine rings is 1. The van der Waals surface area contributed by atoms with Crippen molar-refractivity contribution in [3.05, 3.63) is 52.1 Å². The smallest absolute Gasteiger partial charge is 0.133 e. The molecule has 0 saturated carbocycles. The van der Waals surface area contributed by atoms with E-state index < -0.39 is 0 Å². The fraction of sp³-hybridized carbons (Fsp3) is 0.214. The van der Waals surface area contributed by atoms with Gasteiger partial charge in [-0.25, -0.2) is 4.98 Å². The van der Waals surface area contributed by atoms with Crippen LogP contribution < -0.4 is 15.8 Å². The maximum atomic E-state index is 5.94. The standard InChI is InChI=1S/C14H16BrN3O/c1-17-13(10-4-3-7-18-14(10)16)9-5-6-12(19-2)11(15)8-9/h3-8,13,17H,1-2H3,(H2,16,18). The molecule has 1 unspecified atom stereocenters. The first-order valence-electron chi connectivity index (χ1n) is 5.88. The van der Waals surface area contributed by atoms with E-state index in [1.165, 1.54) is 0 Å². The average molecular weight is 322 g/mol. The Morgan fingerprint density at radius 1 is 1.37 bits per heavy atom. The summed E-state index contributed by atoms with van der Waals surface area (Å²) in [6.45, 7) is 0. The average Bonchev–Trinajstić information content (AvgIpc) is 2.42. The molecular formula is C14H16BrN3O. The summed E-state index contributed by atoms with van der Waals surface area (Å²) in [5, 5.41) is 3.26. The Morgan fingerprint density at radius 2 is 2.16 bits per heavy atom. The van der Waals surface area contributed by atoms with Crippen LogP contribution in [-0.2, 0) is 0 Å². The van der Waals surface area contributed by atoms with Crippen molar-refractivity contribution in [2.75, 3.05) is 19.9 Å². The number of ether oxygens (including phenoxy) is 1. The molecule has 1 aromatic heterocycles. The summed E-state index contributed by atoms with van der Waals surface area (Å²) < 4.78 is 6.15. The quantitative estimate of drug-likeness (QED) is 0.909. The molecule has 3 N–H and O–H groups in total. The Labute approximate surface area is 121 Å². The minimum atomic E-state index is -0.00379. The summed E-state index contributed by atoms with van der Waals surface area (Å²) in [4.78, 5) is 4.13. The number of aromatic nitrogens is 1. The van der Waals surface area contributed by atoms with Crippen molar-refractivity contribution in [3.63, 3.8) is 0 Å². The molecule has 0 amide bonds. The Hall–Kier alpha value is -1.59. The van der Waals surface area contributed by atoms with E-state index in [1.807, 2.05) is 37.4 Å². The molecule has 0 bridgehead atoms. The van der Waals surface area contributed by atoms with Gasteiger partial charge in [-0.05, 0) is 46.7 Å². The van der Waals surface area contributed by atoms with E-state index in [0.29, 0.717) is 5.82 Å². The molecule has 2 rings (SSSR count). The van der Waals surface area contributed by atoms with Gasteiger partial charge in [0.25, 0.3) is 0 Å². The molecule has 1 atom stereocenters. The van der Waals surface area contributed by atoms with E-state index >= 15 is 0 Å². The first kappa shape index (κ1) is 13.8. The van der Waals surface area contributed by atoms with Crippen LogP contribution in [0.15, 0.2) is 41.0 Å². The summed E-state index contributed by atoms with van der Waals surface area (Å²) in [7, 11) is 3.55. The molecule has 0 spiro atoms. The first-order valence-corrected chi connectivity index (χ1v) is 6.67. The molecule has 19 heavy (non-hydrogen) atoms. The largest absolute Gasteiger partial charge is 0.496 e. The van der Waals surface area contributed by atoms with Crippen molar-refractivity contribution >= 4 is 21.7 Å². The summed E-state index contributed by atoms with van der Waals surface area (Å²) in [6, 6.07) is 9.81. The summed E-state index contributed by atoms with van der Waals surface area (Å²) in [5.74, 6) is 1.34. The van der Waals surface area contributed by atoms with Crippen LogP contribution in [0.3, 0.4) is 0 Å². The number of rotatable bonds is 4. The molecule has 0 fully saturated rings. The number of anilines is 1. The van der Waals surface area contributed by atoms with Gasteiger partial charge in [0.15, 0.2) is 0 Å². The van der Waals surface area contributed by atoms with Gasteiger partial charge in [0, 0.05) is 11.8 Å². The fourth-order valence-corrected chi connectivity index (χ4v) is 2.60. The number of hydrogen-bond donors (Lipinski definition) is 2. The number of hydrogen-bond acceptors (Lipinski definition) is 4. The minimum Gasteiger partial charge on any atom is -0.496 e. The van der Waals surface area contributed by atoms with Gasteiger partial charge in [-0.2, -0.15) is 0 Å². The van der Waals surface area contributed by atoms with Crippen molar-refractivity contribution in [3.8, 4) is 5.75 Å². The number of nitrogens with one attached hydrogen (secondary N) is 1. The van der Waals surface area contributed by atoms with E-state index in [9.17, 15) is 0 Å². The fourth-order valence-electron chi connectivity index (χ4n) is 2.04. The number of nitrogen functional groups attached to an aromatic ring is 1. The highest BCUT2D eigenvalue weighted by atomic mass is 79.9. The zero-order valence-corrected chi connectivity index (χ0v) is 12.4. The van der Waals surface area contributed by atoms with Crippen LogP contribution in [0.2, 0.25) is 0 Å². The van der Waals surface area contributed by atoms with E-state index in [2.05, 4.69) is 26.2 Å². The van der Waals surface area contributed by atoms with Crippen molar-refractivity contribution in [2.45, 2.75) is 6.04 Å². The number of methoxy groups -OCH3 is 1. The Kier molecular flexibility index (Phi) is 4.39. The highest BCUT2D eigenvalue weighted by Gasteiger charge is 2.16. The van der Waals surface area contributed by atoms with Crippen LogP contribution in [-0.4, -0.2) is 19.1 Å². The maximum absolute atomic E-state index is 5.94. The molecule has 0 saturated heterocycles. The second kappa shape index (κ2) is 6.04. The summed E-state index contributed by atoms with van der Waals surface area (Å²) >= 11 is 3.50. The molecule has 0 aliphatic carbocycles. The first-order chi connectivity index (χ1) is 9.17. The molecule has 0 radical (unpaired) electrons. The summed E-state index contributed by atoms with van der Waals surface area (Å²) in [5.41, 5.74) is 7.99. The van der Waals surface area contributed by atoms with Crippen molar-refractivity contribution in [1.82, 2.24) is 10.3 Å². The minimum absolute atomic E-state index is 0.00379. The normalized spacial score (nSPS) is 12.2. The number of benzene rings is 1. The highest BCUT2D eigenvalue weighted by molar-refractivity contribution is 9.10. The Bertz CT molecular complexity index is 574. The zero-order chi connectivity index (χ0) is 13.8. The van der Waals surface area contributed by atoms with Crippen LogP contribution >= 0.6 is 15.9 Å². The molecule has 100 valence electrons. The molecule has 5 heteroatoms. The number of nitrogens with two attached hydrogens (primary N) is 1. The van der Waals surface area contributed by atoms with Gasteiger partial charge < -0.3 is 15.8 Å². The molecule has 0 aliphatic rings. The van der Waals surface area contributed by atoms with E-state index in [-0.39, 0.29) is 6.04 Å². The van der Waals surface area contributed by atoms with Crippen molar-refractivity contribution in [2.24, 2.45) is 0 Å². The van der Waals surface area contributed by atoms with Crippen LogP contribution in [0.25, 0.3) is 0 Å². The van der Waals surface area contributed by atoms with Gasteiger partial charge in [-0.15, -0.1) is 0 Å². The van der Waals surface area contributed by atoms with Crippen LogP contribution in [0.5, 0.6) is 5.75 Å². The Morgan fingerprint density at radius 3 is 2.74 bits per heavy atom. The molecule has 4 nitrogen and oxygen atoms in total. The number of nitrogens with zero attached hydrogens (tertiary/aromatic N) is 1. The Balaban J connectivity index is 2.43. The molecular weight excluding hydrogens is 306 g/mol. The van der Waals surface area contributed by atoms with Gasteiger partial charge in [-0.3, -0.25) is 0 Å². The van der Waals surface area contributed by atoms with E-state index in [0.717, 1.165) is 21.3 Å². The van der Waals surface area contributed by atoms with Crippen LogP contribution in [0.1, 0.15) is 17.2 Å². The van der Waals surface area contributed by atoms with Crippen molar-refractivity contribution in [1.29, 1.82) is 0 Å². The lowest BCUT2D eigenvalue weighted by molar-refractivity contribution is 0.412. The van der Waals surface area contributed by atoms with Crippen LogP contribution in [0, 0.1) is 0 Å². The van der Waals surface area contributed by atoms with Crippen molar-refractivity contribution < 1.29 is 4.74 Å². The molecule has 2 aromatic rings. The number of halogens is 1. The van der Waals surface area contributed by atoms with E-state index in [4.69, 9.17) is 10.5 Å². The molecule has 0 aliphatic heterocycles. The van der Waals surface area contributed by atoms with E-state index in [1.54, 1.807) is 13.3 Å². The molecule has 1 heterocycles. The lowest BCUT2D eigenvalue weighted by atomic mass is 9.99. The van der Waals surface area contributed by atoms with Gasteiger partial charge in [0.1, 0.15) is 11.6 Å². The maximum Gasteiger partial charge on any atom is 0.133 e. The third kappa shape index (κ3) is 2.88. The van der Waals surface area contributed by atoms with Gasteiger partial charge in [0.2, 0.25) is 0 Å². The van der Waals surface area contributed by atoms with Gasteiger partial charge in [0.05, 0.1) is 17.6 Å². The van der Waals surface area contributed by atoms with Gasteiger partial charge in [-0.1, -0.05) is 12.1 Å². The SMILES string of the molecule is CNC(c1ccc(OC)c(Br)c1)c1cccnc1N. The zero-order valence-electron chi connectivity index (χ0n) is 10.9.